The molecule has 0 radical (unpaired) electrons. The Kier molecular flexibility index (Phi) is 4.46. The summed E-state index contributed by atoms with van der Waals surface area (Å²) in [5.74, 6) is -1.60. The van der Waals surface area contributed by atoms with E-state index in [4.69, 9.17) is 16.2 Å². The highest BCUT2D eigenvalue weighted by molar-refractivity contribution is 6.16. The van der Waals surface area contributed by atoms with Crippen molar-refractivity contribution in [2.24, 2.45) is 17.4 Å². The molecular formula is C14H18N2O4. The van der Waals surface area contributed by atoms with Gasteiger partial charge in [-0.1, -0.05) is 0 Å². The highest BCUT2D eigenvalue weighted by atomic mass is 16.5. The molecule has 0 aromatic heterocycles. The van der Waals surface area contributed by atoms with Crippen molar-refractivity contribution in [2.75, 3.05) is 0 Å². The normalized spacial score (nSPS) is 30.1. The van der Waals surface area contributed by atoms with E-state index < -0.39 is 11.8 Å². The lowest BCUT2D eigenvalue weighted by atomic mass is 9.81. The number of nitrogens with two attached hydrogens (primary N) is 2. The largest absolute Gasteiger partial charge is 0.422 e. The van der Waals surface area contributed by atoms with Crippen molar-refractivity contribution in [1.82, 2.24) is 0 Å². The second-order valence-corrected chi connectivity index (χ2v) is 5.28. The first-order chi connectivity index (χ1) is 9.45. The van der Waals surface area contributed by atoms with Crippen LogP contribution < -0.4 is 11.5 Å². The van der Waals surface area contributed by atoms with Gasteiger partial charge in [0.15, 0.2) is 11.5 Å². The van der Waals surface area contributed by atoms with Crippen LogP contribution in [0.3, 0.4) is 0 Å². The minimum Gasteiger partial charge on any atom is -0.422 e. The maximum Gasteiger partial charge on any atom is 0.311 e. The number of ketones is 2. The predicted octanol–water partition coefficient (Wildman–Crippen LogP) is -0.0337. The Morgan fingerprint density at radius 2 is 2.00 bits per heavy atom. The van der Waals surface area contributed by atoms with Crippen LogP contribution in [0.25, 0.3) is 0 Å². The van der Waals surface area contributed by atoms with Gasteiger partial charge in [-0.3, -0.25) is 14.4 Å². The maximum absolute atomic E-state index is 11.8. The van der Waals surface area contributed by atoms with Gasteiger partial charge < -0.3 is 16.2 Å². The van der Waals surface area contributed by atoms with Crippen molar-refractivity contribution < 1.29 is 19.1 Å². The van der Waals surface area contributed by atoms with E-state index >= 15 is 0 Å². The van der Waals surface area contributed by atoms with Gasteiger partial charge in [-0.15, -0.1) is 0 Å². The lowest BCUT2D eigenvalue weighted by Gasteiger charge is -2.31. The molecule has 0 spiro atoms. The van der Waals surface area contributed by atoms with Gasteiger partial charge in [0.2, 0.25) is 5.78 Å². The summed E-state index contributed by atoms with van der Waals surface area (Å²) < 4.78 is 4.97. The molecule has 4 N–H and O–H groups in total. The van der Waals surface area contributed by atoms with Crippen LogP contribution in [0.1, 0.15) is 25.7 Å². The van der Waals surface area contributed by atoms with Crippen LogP contribution in [0.5, 0.6) is 0 Å². The molecule has 1 fully saturated rings. The Morgan fingerprint density at radius 3 is 2.70 bits per heavy atom. The molecule has 20 heavy (non-hydrogen) atoms. The Labute approximate surface area is 116 Å². The van der Waals surface area contributed by atoms with Crippen molar-refractivity contribution in [1.29, 1.82) is 0 Å². The molecule has 0 bridgehead atoms. The number of hydrogen-bond donors (Lipinski definition) is 2. The molecule has 6 nitrogen and oxygen atoms in total. The zero-order valence-corrected chi connectivity index (χ0v) is 11.1. The summed E-state index contributed by atoms with van der Waals surface area (Å²) in [6.45, 7) is 0. The average molecular weight is 278 g/mol. The molecule has 2 aliphatic carbocycles. The Morgan fingerprint density at radius 1 is 1.25 bits per heavy atom. The number of rotatable bonds is 3. The number of carbonyl (C=O) groups is 3. The van der Waals surface area contributed by atoms with Gasteiger partial charge in [0.05, 0.1) is 6.42 Å². The third kappa shape index (κ3) is 3.61. The fraction of sp³-hybridized carbons (Fsp3) is 0.500. The Balaban J connectivity index is 1.90. The van der Waals surface area contributed by atoms with E-state index in [0.29, 0.717) is 6.42 Å². The van der Waals surface area contributed by atoms with E-state index in [9.17, 15) is 14.4 Å². The van der Waals surface area contributed by atoms with E-state index in [0.717, 1.165) is 31.1 Å². The third-order valence-corrected chi connectivity index (χ3v) is 3.66. The van der Waals surface area contributed by atoms with Crippen molar-refractivity contribution in [2.45, 2.75) is 37.8 Å². The highest BCUT2D eigenvalue weighted by Gasteiger charge is 2.29. The zero-order chi connectivity index (χ0) is 14.7. The van der Waals surface area contributed by atoms with Gasteiger partial charge in [0.1, 0.15) is 0 Å². The molecule has 6 heteroatoms. The summed E-state index contributed by atoms with van der Waals surface area (Å²) in [6.07, 6.45) is 5.67. The van der Waals surface area contributed by atoms with Gasteiger partial charge in [-0.25, -0.2) is 0 Å². The first-order valence-electron chi connectivity index (χ1n) is 6.65. The predicted molar refractivity (Wildman–Crippen MR) is 71.2 cm³/mol. The van der Waals surface area contributed by atoms with Crippen LogP contribution in [0, 0.1) is 5.92 Å². The second kappa shape index (κ2) is 6.11. The zero-order valence-electron chi connectivity index (χ0n) is 11.1. The maximum atomic E-state index is 11.8. The fourth-order valence-corrected chi connectivity index (χ4v) is 2.50. The molecule has 2 aliphatic rings. The molecule has 0 saturated heterocycles. The summed E-state index contributed by atoms with van der Waals surface area (Å²) in [5.41, 5.74) is 11.8. The van der Waals surface area contributed by atoms with E-state index in [1.54, 1.807) is 0 Å². The lowest BCUT2D eigenvalue weighted by molar-refractivity contribution is -0.143. The van der Waals surface area contributed by atoms with Crippen molar-refractivity contribution in [3.05, 3.63) is 24.0 Å². The molecule has 0 aromatic carbocycles. The standard InChI is InChI=1S/C14H18N2O4/c15-9-2-1-8(11(16)6-9)5-14(19)20-13-7-10(17)3-4-12(13)18/h3-4,7-9,11H,1-2,5-6,15-16H2. The summed E-state index contributed by atoms with van der Waals surface area (Å²) in [5, 5.41) is 0. The molecule has 108 valence electrons. The average Bonchev–Trinajstić information content (AvgIpc) is 2.37. The molecule has 0 aliphatic heterocycles. The van der Waals surface area contributed by atoms with Crippen LogP contribution in [-0.2, 0) is 19.1 Å². The number of allylic oxidation sites excluding steroid dienone is 3. The molecule has 3 unspecified atom stereocenters. The summed E-state index contributed by atoms with van der Waals surface area (Å²) in [4.78, 5) is 34.4. The second-order valence-electron chi connectivity index (χ2n) is 5.28. The first kappa shape index (κ1) is 14.6. The lowest BCUT2D eigenvalue weighted by Crippen LogP contribution is -2.42. The number of ether oxygens (including phenoxy) is 1. The van der Waals surface area contributed by atoms with Gasteiger partial charge in [0, 0.05) is 18.2 Å². The van der Waals surface area contributed by atoms with Crippen LogP contribution in [0.15, 0.2) is 24.0 Å². The minimum atomic E-state index is -0.538. The highest BCUT2D eigenvalue weighted by Crippen LogP contribution is 2.26. The van der Waals surface area contributed by atoms with Crippen molar-refractivity contribution in [3.8, 4) is 0 Å². The summed E-state index contributed by atoms with van der Waals surface area (Å²) in [7, 11) is 0. The molecule has 3 atom stereocenters. The Bertz CT molecular complexity index is 495. The SMILES string of the molecule is NC1CCC(CC(=O)OC2=CC(=O)C=CC2=O)C(N)C1. The van der Waals surface area contributed by atoms with Crippen LogP contribution >= 0.6 is 0 Å². The third-order valence-electron chi connectivity index (χ3n) is 3.66. The molecule has 0 heterocycles. The first-order valence-corrected chi connectivity index (χ1v) is 6.65. The molecule has 1 saturated carbocycles. The monoisotopic (exact) mass is 278 g/mol. The molecule has 0 amide bonds. The van der Waals surface area contributed by atoms with Crippen LogP contribution in [0.2, 0.25) is 0 Å². The van der Waals surface area contributed by atoms with E-state index in [1.165, 1.54) is 0 Å². The minimum absolute atomic E-state index is 0.00726. The van der Waals surface area contributed by atoms with E-state index in [-0.39, 0.29) is 36.0 Å². The topological polar surface area (TPSA) is 112 Å². The molecular weight excluding hydrogens is 260 g/mol. The molecule has 2 rings (SSSR count). The van der Waals surface area contributed by atoms with E-state index in [1.807, 2.05) is 0 Å². The van der Waals surface area contributed by atoms with Gasteiger partial charge in [-0.05, 0) is 37.3 Å². The summed E-state index contributed by atoms with van der Waals surface area (Å²) >= 11 is 0. The quantitative estimate of drug-likeness (QED) is 0.553. The van der Waals surface area contributed by atoms with Gasteiger partial charge in [-0.2, -0.15) is 0 Å². The number of carbonyl (C=O) groups excluding carboxylic acids is 3. The van der Waals surface area contributed by atoms with Crippen LogP contribution in [0.4, 0.5) is 0 Å². The van der Waals surface area contributed by atoms with E-state index in [2.05, 4.69) is 0 Å². The number of esters is 1. The molecule has 0 aromatic rings. The van der Waals surface area contributed by atoms with Gasteiger partial charge in [0.25, 0.3) is 0 Å². The van der Waals surface area contributed by atoms with Gasteiger partial charge >= 0.3 is 5.97 Å². The fourth-order valence-electron chi connectivity index (χ4n) is 2.50. The summed E-state index contributed by atoms with van der Waals surface area (Å²) in [6, 6.07) is -0.0495. The smallest absolute Gasteiger partial charge is 0.311 e. The van der Waals surface area contributed by atoms with Crippen molar-refractivity contribution in [3.63, 3.8) is 0 Å². The number of hydrogen-bond acceptors (Lipinski definition) is 6. The Hall–Kier alpha value is -1.79. The van der Waals surface area contributed by atoms with Crippen LogP contribution in [-0.4, -0.2) is 29.6 Å². The van der Waals surface area contributed by atoms with Crippen molar-refractivity contribution >= 4 is 17.5 Å².